The topological polar surface area (TPSA) is 33.7 Å². The minimum Gasteiger partial charge on any atom is -0.454 e. The molecule has 0 bridgehead atoms. The highest BCUT2D eigenvalue weighted by Gasteiger charge is 2.24. The van der Waals surface area contributed by atoms with Crippen molar-refractivity contribution >= 4 is 11.6 Å². The van der Waals surface area contributed by atoms with Crippen LogP contribution in [0.1, 0.15) is 18.9 Å². The van der Waals surface area contributed by atoms with Crippen LogP contribution in [-0.2, 0) is 6.54 Å². The van der Waals surface area contributed by atoms with Crippen molar-refractivity contribution in [1.29, 1.82) is 0 Å². The van der Waals surface area contributed by atoms with E-state index in [1.165, 1.54) is 6.42 Å². The van der Waals surface area contributed by atoms with Crippen LogP contribution in [0.4, 0.5) is 0 Å². The molecule has 4 nitrogen and oxygen atoms in total. The molecule has 1 aromatic rings. The summed E-state index contributed by atoms with van der Waals surface area (Å²) in [6, 6.07) is 4.54. The van der Waals surface area contributed by atoms with E-state index in [9.17, 15) is 0 Å². The van der Waals surface area contributed by atoms with E-state index in [1.54, 1.807) is 0 Å². The molecule has 110 valence electrons. The maximum atomic E-state index is 6.20. The highest BCUT2D eigenvalue weighted by molar-refractivity contribution is 6.32. The van der Waals surface area contributed by atoms with Crippen molar-refractivity contribution in [2.24, 2.45) is 5.92 Å². The molecule has 20 heavy (non-hydrogen) atoms. The summed E-state index contributed by atoms with van der Waals surface area (Å²) < 4.78 is 10.7. The predicted molar refractivity (Wildman–Crippen MR) is 79.5 cm³/mol. The Morgan fingerprint density at radius 1 is 1.40 bits per heavy atom. The highest BCUT2D eigenvalue weighted by Crippen LogP contribution is 2.39. The molecule has 0 amide bonds. The summed E-state index contributed by atoms with van der Waals surface area (Å²) in [6.07, 6.45) is 1.19. The van der Waals surface area contributed by atoms with Gasteiger partial charge in [-0.25, -0.2) is 0 Å². The zero-order valence-electron chi connectivity index (χ0n) is 12.0. The van der Waals surface area contributed by atoms with Gasteiger partial charge in [-0.2, -0.15) is 0 Å². The fourth-order valence-corrected chi connectivity index (χ4v) is 3.32. The number of piperidine rings is 1. The Morgan fingerprint density at radius 2 is 2.25 bits per heavy atom. The average molecular weight is 297 g/mol. The molecular formula is C15H21ClN2O2. The Balaban J connectivity index is 1.63. The van der Waals surface area contributed by atoms with Crippen molar-refractivity contribution in [3.8, 4) is 11.5 Å². The number of rotatable bonds is 3. The smallest absolute Gasteiger partial charge is 0.231 e. The summed E-state index contributed by atoms with van der Waals surface area (Å²) in [5, 5.41) is 4.28. The van der Waals surface area contributed by atoms with Crippen molar-refractivity contribution in [2.75, 3.05) is 26.9 Å². The number of nitrogens with one attached hydrogen (secondary N) is 1. The molecule has 3 rings (SSSR count). The average Bonchev–Trinajstić information content (AvgIpc) is 2.86. The first kappa shape index (κ1) is 14.0. The third-order valence-electron chi connectivity index (χ3n) is 4.16. The maximum absolute atomic E-state index is 6.20. The van der Waals surface area contributed by atoms with Crippen molar-refractivity contribution in [2.45, 2.75) is 25.9 Å². The van der Waals surface area contributed by atoms with Gasteiger partial charge in [0, 0.05) is 19.1 Å². The van der Waals surface area contributed by atoms with Gasteiger partial charge in [0.15, 0.2) is 11.5 Å². The summed E-state index contributed by atoms with van der Waals surface area (Å²) in [6.45, 7) is 5.69. The second kappa shape index (κ2) is 5.80. The Hall–Kier alpha value is -0.970. The minimum absolute atomic E-state index is 0.262. The highest BCUT2D eigenvalue weighted by atomic mass is 35.5. The number of ether oxygens (including phenoxy) is 2. The molecule has 0 saturated carbocycles. The van der Waals surface area contributed by atoms with Crippen LogP contribution in [0.15, 0.2) is 12.1 Å². The molecule has 2 heterocycles. The monoisotopic (exact) mass is 296 g/mol. The van der Waals surface area contributed by atoms with E-state index in [-0.39, 0.29) is 6.79 Å². The van der Waals surface area contributed by atoms with E-state index >= 15 is 0 Å². The number of benzene rings is 1. The molecule has 1 N–H and O–H groups in total. The van der Waals surface area contributed by atoms with Gasteiger partial charge in [-0.1, -0.05) is 18.5 Å². The van der Waals surface area contributed by atoms with Crippen LogP contribution in [0.2, 0.25) is 5.02 Å². The van der Waals surface area contributed by atoms with E-state index in [0.29, 0.717) is 22.7 Å². The first-order valence-electron chi connectivity index (χ1n) is 7.13. The van der Waals surface area contributed by atoms with Crippen LogP contribution in [0.5, 0.6) is 11.5 Å². The lowest BCUT2D eigenvalue weighted by atomic mass is 9.94. The van der Waals surface area contributed by atoms with Crippen LogP contribution < -0.4 is 14.8 Å². The maximum Gasteiger partial charge on any atom is 0.231 e. The Labute approximate surface area is 125 Å². The van der Waals surface area contributed by atoms with Crippen LogP contribution in [0.3, 0.4) is 0 Å². The Kier molecular flexibility index (Phi) is 4.06. The number of hydrogen-bond donors (Lipinski definition) is 1. The van der Waals surface area contributed by atoms with Crippen molar-refractivity contribution in [3.05, 3.63) is 22.7 Å². The van der Waals surface area contributed by atoms with E-state index in [4.69, 9.17) is 21.1 Å². The van der Waals surface area contributed by atoms with Crippen molar-refractivity contribution in [1.82, 2.24) is 10.2 Å². The van der Waals surface area contributed by atoms with Crippen molar-refractivity contribution < 1.29 is 9.47 Å². The molecule has 2 aliphatic heterocycles. The first-order valence-corrected chi connectivity index (χ1v) is 7.51. The van der Waals surface area contributed by atoms with E-state index in [0.717, 1.165) is 30.9 Å². The SMILES string of the molecule is CC1CN(C)CCC1NCc1cc(Cl)c2c(c1)OCO2. The fourth-order valence-electron chi connectivity index (χ4n) is 3.03. The zero-order chi connectivity index (χ0) is 14.1. The summed E-state index contributed by atoms with van der Waals surface area (Å²) >= 11 is 6.20. The lowest BCUT2D eigenvalue weighted by Gasteiger charge is -2.35. The molecule has 0 aromatic heterocycles. The van der Waals surface area contributed by atoms with Gasteiger partial charge < -0.3 is 19.7 Å². The van der Waals surface area contributed by atoms with E-state index in [1.807, 2.05) is 12.1 Å². The molecule has 0 radical (unpaired) electrons. The Bertz CT molecular complexity index is 495. The second-order valence-corrected chi connectivity index (χ2v) is 6.23. The quantitative estimate of drug-likeness (QED) is 0.929. The number of nitrogens with zero attached hydrogens (tertiary/aromatic N) is 1. The van der Waals surface area contributed by atoms with Crippen LogP contribution in [0.25, 0.3) is 0 Å². The number of hydrogen-bond acceptors (Lipinski definition) is 4. The normalized spacial score (nSPS) is 25.9. The Morgan fingerprint density at radius 3 is 3.05 bits per heavy atom. The van der Waals surface area contributed by atoms with Gasteiger partial charge in [0.05, 0.1) is 5.02 Å². The lowest BCUT2D eigenvalue weighted by Crippen LogP contribution is -2.46. The number of fused-ring (bicyclic) bond motifs is 1. The van der Waals surface area contributed by atoms with Crippen LogP contribution in [-0.4, -0.2) is 37.9 Å². The lowest BCUT2D eigenvalue weighted by molar-refractivity contribution is 0.173. The molecule has 2 atom stereocenters. The van der Waals surface area contributed by atoms with Gasteiger partial charge in [-0.15, -0.1) is 0 Å². The van der Waals surface area contributed by atoms with Gasteiger partial charge in [0.25, 0.3) is 0 Å². The predicted octanol–water partition coefficient (Wildman–Crippen LogP) is 2.50. The summed E-state index contributed by atoms with van der Waals surface area (Å²) in [5.41, 5.74) is 1.14. The zero-order valence-corrected chi connectivity index (χ0v) is 12.7. The van der Waals surface area contributed by atoms with Gasteiger partial charge >= 0.3 is 0 Å². The summed E-state index contributed by atoms with van der Waals surface area (Å²) in [7, 11) is 2.18. The largest absolute Gasteiger partial charge is 0.454 e. The van der Waals surface area contributed by atoms with Gasteiger partial charge in [-0.3, -0.25) is 0 Å². The molecule has 0 spiro atoms. The number of likely N-dealkylation sites (tertiary alicyclic amines) is 1. The second-order valence-electron chi connectivity index (χ2n) is 5.83. The van der Waals surface area contributed by atoms with E-state index < -0.39 is 0 Å². The van der Waals surface area contributed by atoms with Gasteiger partial charge in [0.1, 0.15) is 0 Å². The minimum atomic E-state index is 0.262. The third-order valence-corrected chi connectivity index (χ3v) is 4.44. The number of halogens is 1. The fraction of sp³-hybridized carbons (Fsp3) is 0.600. The van der Waals surface area contributed by atoms with E-state index in [2.05, 4.69) is 24.2 Å². The molecule has 0 aliphatic carbocycles. The molecule has 1 saturated heterocycles. The van der Waals surface area contributed by atoms with Crippen molar-refractivity contribution in [3.63, 3.8) is 0 Å². The van der Waals surface area contributed by atoms with Gasteiger partial charge in [0.2, 0.25) is 6.79 Å². The third kappa shape index (κ3) is 2.87. The molecular weight excluding hydrogens is 276 g/mol. The molecule has 2 unspecified atom stereocenters. The summed E-state index contributed by atoms with van der Waals surface area (Å²) in [4.78, 5) is 2.39. The van der Waals surface area contributed by atoms with Crippen LogP contribution >= 0.6 is 11.6 Å². The standard InChI is InChI=1S/C15H21ClN2O2/c1-10-8-18(2)4-3-13(10)17-7-11-5-12(16)15-14(6-11)19-9-20-15/h5-6,10,13,17H,3-4,7-9H2,1-2H3. The first-order chi connectivity index (χ1) is 9.63. The molecule has 2 aliphatic rings. The molecule has 5 heteroatoms. The van der Waals surface area contributed by atoms with Gasteiger partial charge in [-0.05, 0) is 43.6 Å². The van der Waals surface area contributed by atoms with Crippen LogP contribution in [0, 0.1) is 5.92 Å². The molecule has 1 aromatic carbocycles. The summed E-state index contributed by atoms with van der Waals surface area (Å²) in [5.74, 6) is 2.09. The molecule has 1 fully saturated rings.